The Hall–Kier alpha value is -2.80. The van der Waals surface area contributed by atoms with Crippen LogP contribution in [0.4, 0.5) is 4.39 Å². The topological polar surface area (TPSA) is 72.6 Å². The smallest absolute Gasteiger partial charge is 0.125 e. The molecule has 2 aliphatic rings. The maximum atomic E-state index is 14.2. The van der Waals surface area contributed by atoms with Crippen LogP contribution < -0.4 is 5.32 Å². The number of allylic oxidation sites excluding steroid dienone is 3. The normalized spacial score (nSPS) is 16.2. The van der Waals surface area contributed by atoms with Crippen LogP contribution in [0.5, 0.6) is 5.75 Å². The predicted octanol–water partition coefficient (Wildman–Crippen LogP) is 7.40. The fourth-order valence-electron chi connectivity index (χ4n) is 3.17. The summed E-state index contributed by atoms with van der Waals surface area (Å²) in [5, 5.41) is 22.3. The number of piperazine rings is 1. The maximum absolute atomic E-state index is 14.2. The summed E-state index contributed by atoms with van der Waals surface area (Å²) in [6.45, 7) is 19.3. The Balaban J connectivity index is 0.00000124. The Morgan fingerprint density at radius 1 is 1.08 bits per heavy atom. The van der Waals surface area contributed by atoms with E-state index in [1.54, 1.807) is 32.2 Å². The molecule has 1 aliphatic carbocycles. The highest BCUT2D eigenvalue weighted by Gasteiger charge is 2.13. The van der Waals surface area contributed by atoms with Crippen molar-refractivity contribution >= 4 is 23.3 Å². The molecule has 1 saturated carbocycles. The van der Waals surface area contributed by atoms with Crippen molar-refractivity contribution in [3.05, 3.63) is 47.8 Å². The number of hydrogen-bond acceptors (Lipinski definition) is 5. The van der Waals surface area contributed by atoms with E-state index in [0.717, 1.165) is 32.0 Å². The van der Waals surface area contributed by atoms with Gasteiger partial charge in [0.2, 0.25) is 0 Å². The van der Waals surface area contributed by atoms with E-state index < -0.39 is 0 Å². The van der Waals surface area contributed by atoms with E-state index in [0.29, 0.717) is 22.4 Å². The lowest BCUT2D eigenvalue weighted by Gasteiger charge is -2.28. The van der Waals surface area contributed by atoms with Crippen molar-refractivity contribution in [2.45, 2.75) is 80.1 Å². The molecule has 2 fully saturated rings. The molecule has 0 aromatic heterocycles. The first-order chi connectivity index (χ1) is 17.9. The van der Waals surface area contributed by atoms with Crippen molar-refractivity contribution in [2.24, 2.45) is 15.2 Å². The molecule has 1 heterocycles. The van der Waals surface area contributed by atoms with Crippen LogP contribution in [0, 0.1) is 0 Å². The highest BCUT2D eigenvalue weighted by Crippen LogP contribution is 2.27. The number of nitrogens with one attached hydrogen (secondary N) is 1. The molecule has 6 nitrogen and oxygen atoms in total. The van der Waals surface area contributed by atoms with E-state index in [9.17, 15) is 9.50 Å². The zero-order valence-electron chi connectivity index (χ0n) is 24.3. The second-order valence-electron chi connectivity index (χ2n) is 8.49. The lowest BCUT2D eigenvalue weighted by Crippen LogP contribution is -2.45. The number of nitrogens with zero attached hydrogens (tertiary/aromatic N) is 4. The molecular weight excluding hydrogens is 465 g/mol. The third-order valence-corrected chi connectivity index (χ3v) is 5.52. The minimum atomic E-state index is -0.286. The largest absolute Gasteiger partial charge is 0.507 e. The van der Waals surface area contributed by atoms with Gasteiger partial charge in [0, 0.05) is 50.6 Å². The number of halogens is 1. The first-order valence-electron chi connectivity index (χ1n) is 13.8. The van der Waals surface area contributed by atoms with Gasteiger partial charge in [-0.2, -0.15) is 0 Å². The van der Waals surface area contributed by atoms with Gasteiger partial charge in [-0.05, 0) is 37.1 Å². The number of hydrogen-bond donors (Lipinski definition) is 2. The SMILES string of the molecule is C1CCC1.C=C/C(=N\N=C(/C)N1CCNCC1)c1ccc(/C(C=NC)=C(\F)CC)cc1O.CC.CCC. The number of phenols is 1. The molecule has 0 radical (unpaired) electrons. The molecule has 1 aromatic rings. The summed E-state index contributed by atoms with van der Waals surface area (Å²) in [6, 6.07) is 4.92. The van der Waals surface area contributed by atoms with Crippen LogP contribution in [0.25, 0.3) is 5.57 Å². The predicted molar refractivity (Wildman–Crippen MR) is 161 cm³/mol. The van der Waals surface area contributed by atoms with Crippen LogP contribution in [-0.2, 0) is 0 Å². The number of benzene rings is 1. The molecule has 3 rings (SSSR count). The first-order valence-corrected chi connectivity index (χ1v) is 13.8. The third kappa shape index (κ3) is 12.8. The Morgan fingerprint density at radius 2 is 1.65 bits per heavy atom. The van der Waals surface area contributed by atoms with Gasteiger partial charge in [-0.25, -0.2) is 4.39 Å². The Labute approximate surface area is 225 Å². The molecule has 0 amide bonds. The second-order valence-corrected chi connectivity index (χ2v) is 8.49. The molecule has 2 N–H and O–H groups in total. The second kappa shape index (κ2) is 21.3. The van der Waals surface area contributed by atoms with E-state index >= 15 is 0 Å². The summed E-state index contributed by atoms with van der Waals surface area (Å²) >= 11 is 0. The standard InChI is InChI=1S/C21H28FN5O.C4H8.C3H8.C2H6/c1-5-19(22)18(14-23-4)16-7-8-17(21(28)13-16)20(6-2)26-25-15(3)27-11-9-24-10-12-27;1-2-4-3-1;1-3-2;1-2/h6-8,13-14,24,28H,2,5,9-12H2,1,3-4H3;1-4H2;3H2,1-2H3;1-2H3/b19-18-,23-14?,25-15+,26-20+;;;. The minimum absolute atomic E-state index is 0.0166. The summed E-state index contributed by atoms with van der Waals surface area (Å²) in [4.78, 5) is 6.06. The van der Waals surface area contributed by atoms with Crippen molar-refractivity contribution < 1.29 is 9.50 Å². The maximum Gasteiger partial charge on any atom is 0.125 e. The summed E-state index contributed by atoms with van der Waals surface area (Å²) in [7, 11) is 1.58. The summed E-state index contributed by atoms with van der Waals surface area (Å²) in [5.74, 6) is 0.509. The Morgan fingerprint density at radius 3 is 2.08 bits per heavy atom. The van der Waals surface area contributed by atoms with Gasteiger partial charge in [-0.3, -0.25) is 4.99 Å². The molecule has 1 aromatic carbocycles. The number of phenolic OH excluding ortho intramolecular Hbond substituents is 1. The van der Waals surface area contributed by atoms with E-state index in [4.69, 9.17) is 0 Å². The molecule has 7 heteroatoms. The number of aromatic hydroxyl groups is 1. The summed E-state index contributed by atoms with van der Waals surface area (Å²) in [5.41, 5.74) is 1.84. The van der Waals surface area contributed by atoms with E-state index in [2.05, 4.69) is 45.8 Å². The molecule has 0 unspecified atom stereocenters. The van der Waals surface area contributed by atoms with Crippen molar-refractivity contribution in [3.63, 3.8) is 0 Å². The molecule has 1 saturated heterocycles. The molecule has 208 valence electrons. The zero-order valence-corrected chi connectivity index (χ0v) is 24.3. The lowest BCUT2D eigenvalue weighted by atomic mass is 10.0. The van der Waals surface area contributed by atoms with Crippen LogP contribution in [0.15, 0.2) is 51.9 Å². The third-order valence-electron chi connectivity index (χ3n) is 5.52. The van der Waals surface area contributed by atoms with Crippen LogP contribution in [0.2, 0.25) is 0 Å². The fourth-order valence-corrected chi connectivity index (χ4v) is 3.17. The van der Waals surface area contributed by atoms with Crippen molar-refractivity contribution in [2.75, 3.05) is 33.2 Å². The molecule has 0 bridgehead atoms. The monoisotopic (exact) mass is 515 g/mol. The molecule has 0 spiro atoms. The van der Waals surface area contributed by atoms with Crippen LogP contribution >= 0.6 is 0 Å². The van der Waals surface area contributed by atoms with Crippen LogP contribution in [0.1, 0.15) is 91.2 Å². The van der Waals surface area contributed by atoms with Gasteiger partial charge in [-0.1, -0.05) is 79.4 Å². The minimum Gasteiger partial charge on any atom is -0.507 e. The van der Waals surface area contributed by atoms with Crippen molar-refractivity contribution in [1.82, 2.24) is 10.2 Å². The molecular formula is C30H50FN5O. The Bertz CT molecular complexity index is 891. The first kappa shape index (κ1) is 34.2. The number of aliphatic imine (C=N–C) groups is 1. The van der Waals surface area contributed by atoms with Gasteiger partial charge in [0.15, 0.2) is 0 Å². The molecule has 0 atom stereocenters. The van der Waals surface area contributed by atoms with E-state index in [-0.39, 0.29) is 18.0 Å². The van der Waals surface area contributed by atoms with Gasteiger partial charge < -0.3 is 15.3 Å². The van der Waals surface area contributed by atoms with Gasteiger partial charge in [0.1, 0.15) is 17.4 Å². The lowest BCUT2D eigenvalue weighted by molar-refractivity contribution is 0.355. The quantitative estimate of drug-likeness (QED) is 0.235. The molecule has 1 aliphatic heterocycles. The van der Waals surface area contributed by atoms with Gasteiger partial charge in [0.25, 0.3) is 0 Å². The highest BCUT2D eigenvalue weighted by atomic mass is 19.1. The summed E-state index contributed by atoms with van der Waals surface area (Å²) in [6.07, 6.45) is 10.5. The average molecular weight is 516 g/mol. The van der Waals surface area contributed by atoms with Crippen LogP contribution in [-0.4, -0.2) is 61.0 Å². The average Bonchev–Trinajstić information content (AvgIpc) is 2.89. The molecule has 37 heavy (non-hydrogen) atoms. The van der Waals surface area contributed by atoms with Gasteiger partial charge >= 0.3 is 0 Å². The van der Waals surface area contributed by atoms with Crippen molar-refractivity contribution in [1.29, 1.82) is 0 Å². The number of amidine groups is 1. The summed E-state index contributed by atoms with van der Waals surface area (Å²) < 4.78 is 14.2. The van der Waals surface area contributed by atoms with E-state index in [1.807, 2.05) is 20.8 Å². The van der Waals surface area contributed by atoms with Crippen molar-refractivity contribution in [3.8, 4) is 5.75 Å². The van der Waals surface area contributed by atoms with Crippen LogP contribution in [0.3, 0.4) is 0 Å². The fraction of sp³-hybridized carbons (Fsp3) is 0.567. The number of rotatable bonds is 6. The zero-order chi connectivity index (χ0) is 28.1. The highest BCUT2D eigenvalue weighted by molar-refractivity contribution is 6.13. The van der Waals surface area contributed by atoms with E-state index in [1.165, 1.54) is 44.4 Å². The van der Waals surface area contributed by atoms with Gasteiger partial charge in [-0.15, -0.1) is 10.2 Å². The van der Waals surface area contributed by atoms with Gasteiger partial charge in [0.05, 0.1) is 5.71 Å². The Kier molecular flexibility index (Phi) is 19.7.